The average Bonchev–Trinajstić information content (AvgIpc) is 2.66. The third kappa shape index (κ3) is 2.95. The van der Waals surface area contributed by atoms with E-state index in [1.807, 2.05) is 6.92 Å². The van der Waals surface area contributed by atoms with E-state index in [1.54, 1.807) is 12.0 Å². The number of nitrogens with zero attached hydrogens (tertiary/aromatic N) is 1. The van der Waals surface area contributed by atoms with Crippen LogP contribution in [-0.4, -0.2) is 48.2 Å². The minimum absolute atomic E-state index is 0.0249. The zero-order chi connectivity index (χ0) is 12.1. The lowest BCUT2D eigenvalue weighted by Crippen LogP contribution is -2.43. The van der Waals surface area contributed by atoms with Gasteiger partial charge >= 0.3 is 5.97 Å². The van der Waals surface area contributed by atoms with Crippen molar-refractivity contribution in [3.05, 3.63) is 0 Å². The molecule has 1 fully saturated rings. The van der Waals surface area contributed by atoms with E-state index in [2.05, 4.69) is 0 Å². The summed E-state index contributed by atoms with van der Waals surface area (Å²) in [5, 5.41) is 8.76. The van der Waals surface area contributed by atoms with E-state index in [4.69, 9.17) is 9.84 Å². The van der Waals surface area contributed by atoms with Crippen LogP contribution in [0.5, 0.6) is 0 Å². The van der Waals surface area contributed by atoms with Crippen molar-refractivity contribution in [1.29, 1.82) is 0 Å². The Morgan fingerprint density at radius 2 is 2.38 bits per heavy atom. The minimum atomic E-state index is -0.829. The number of carboxylic acid groups (broad SMARTS) is 1. The van der Waals surface area contributed by atoms with Gasteiger partial charge in [-0.25, -0.2) is 0 Å². The highest BCUT2D eigenvalue weighted by Gasteiger charge is 2.34. The maximum Gasteiger partial charge on any atom is 0.303 e. The standard InChI is InChI=1S/C11H19NO4/c1-8(6-10(14)15)11(16-2)9-4-3-5-12(9)7-13/h7-9,11H,3-6H2,1-2H3,(H,14,15). The zero-order valence-corrected chi connectivity index (χ0v) is 9.76. The summed E-state index contributed by atoms with van der Waals surface area (Å²) in [7, 11) is 1.57. The summed E-state index contributed by atoms with van der Waals surface area (Å²) in [6, 6.07) is 0.0249. The zero-order valence-electron chi connectivity index (χ0n) is 9.76. The Morgan fingerprint density at radius 3 is 2.88 bits per heavy atom. The molecular formula is C11H19NO4. The van der Waals surface area contributed by atoms with Crippen LogP contribution in [0, 0.1) is 5.92 Å². The topological polar surface area (TPSA) is 66.8 Å². The van der Waals surface area contributed by atoms with Crippen LogP contribution in [0.25, 0.3) is 0 Å². The molecule has 5 nitrogen and oxygen atoms in total. The number of likely N-dealkylation sites (tertiary alicyclic amines) is 1. The molecule has 0 aromatic carbocycles. The second kappa shape index (κ2) is 5.84. The highest BCUT2D eigenvalue weighted by atomic mass is 16.5. The number of aliphatic carboxylic acids is 1. The van der Waals surface area contributed by atoms with E-state index >= 15 is 0 Å². The summed E-state index contributed by atoms with van der Waals surface area (Å²) < 4.78 is 5.37. The van der Waals surface area contributed by atoms with Crippen molar-refractivity contribution in [2.45, 2.75) is 38.3 Å². The molecule has 0 radical (unpaired) electrons. The number of carbonyl (C=O) groups excluding carboxylic acids is 1. The number of hydrogen-bond donors (Lipinski definition) is 1. The summed E-state index contributed by atoms with van der Waals surface area (Å²) in [6.07, 6.45) is 2.56. The van der Waals surface area contributed by atoms with E-state index < -0.39 is 5.97 Å². The van der Waals surface area contributed by atoms with Crippen LogP contribution in [0.4, 0.5) is 0 Å². The quantitative estimate of drug-likeness (QED) is 0.682. The van der Waals surface area contributed by atoms with Gasteiger partial charge < -0.3 is 14.7 Å². The van der Waals surface area contributed by atoms with Crippen molar-refractivity contribution in [2.75, 3.05) is 13.7 Å². The van der Waals surface area contributed by atoms with Crippen LogP contribution < -0.4 is 0 Å². The van der Waals surface area contributed by atoms with Gasteiger partial charge in [0.1, 0.15) is 0 Å². The number of rotatable bonds is 6. The molecule has 3 atom stereocenters. The highest BCUT2D eigenvalue weighted by molar-refractivity contribution is 5.67. The van der Waals surface area contributed by atoms with Crippen LogP contribution >= 0.6 is 0 Å². The molecule has 1 saturated heterocycles. The molecule has 5 heteroatoms. The van der Waals surface area contributed by atoms with Gasteiger partial charge in [0.05, 0.1) is 18.6 Å². The van der Waals surface area contributed by atoms with E-state index in [9.17, 15) is 9.59 Å². The number of hydrogen-bond acceptors (Lipinski definition) is 3. The molecule has 1 amide bonds. The van der Waals surface area contributed by atoms with Gasteiger partial charge in [-0.15, -0.1) is 0 Å². The maximum atomic E-state index is 10.8. The van der Waals surface area contributed by atoms with Crippen LogP contribution in [0.2, 0.25) is 0 Å². The highest BCUT2D eigenvalue weighted by Crippen LogP contribution is 2.26. The van der Waals surface area contributed by atoms with E-state index in [0.29, 0.717) is 0 Å². The van der Waals surface area contributed by atoms with E-state index in [1.165, 1.54) is 0 Å². The van der Waals surface area contributed by atoms with Crippen molar-refractivity contribution < 1.29 is 19.4 Å². The molecule has 0 aromatic rings. The number of ether oxygens (including phenoxy) is 1. The van der Waals surface area contributed by atoms with Gasteiger partial charge in [-0.3, -0.25) is 9.59 Å². The monoisotopic (exact) mass is 229 g/mol. The minimum Gasteiger partial charge on any atom is -0.481 e. The molecule has 1 rings (SSSR count). The third-order valence-electron chi connectivity index (χ3n) is 3.19. The Morgan fingerprint density at radius 1 is 1.69 bits per heavy atom. The third-order valence-corrected chi connectivity index (χ3v) is 3.19. The largest absolute Gasteiger partial charge is 0.481 e. The molecule has 0 bridgehead atoms. The number of methoxy groups -OCH3 is 1. The predicted molar refractivity (Wildman–Crippen MR) is 58.0 cm³/mol. The van der Waals surface area contributed by atoms with Crippen LogP contribution in [0.15, 0.2) is 0 Å². The van der Waals surface area contributed by atoms with Crippen molar-refractivity contribution >= 4 is 12.4 Å². The first-order valence-corrected chi connectivity index (χ1v) is 5.55. The molecule has 0 aliphatic carbocycles. The molecule has 92 valence electrons. The molecule has 1 N–H and O–H groups in total. The molecule has 1 heterocycles. The Balaban J connectivity index is 2.65. The molecular weight excluding hydrogens is 210 g/mol. The summed E-state index contributed by atoms with van der Waals surface area (Å²) in [5.41, 5.74) is 0. The van der Waals surface area contributed by atoms with E-state index in [0.717, 1.165) is 25.8 Å². The van der Waals surface area contributed by atoms with Gasteiger partial charge in [0.15, 0.2) is 0 Å². The molecule has 0 aromatic heterocycles. The SMILES string of the molecule is COC(C(C)CC(=O)O)C1CCCN1C=O. The molecule has 16 heavy (non-hydrogen) atoms. The second-order valence-corrected chi connectivity index (χ2v) is 4.33. The fraction of sp³-hybridized carbons (Fsp3) is 0.818. The molecule has 3 unspecified atom stereocenters. The van der Waals surface area contributed by atoms with Crippen LogP contribution in [0.3, 0.4) is 0 Å². The fourth-order valence-corrected chi connectivity index (χ4v) is 2.46. The van der Waals surface area contributed by atoms with Crippen molar-refractivity contribution in [3.63, 3.8) is 0 Å². The van der Waals surface area contributed by atoms with Crippen LogP contribution in [-0.2, 0) is 14.3 Å². The summed E-state index contributed by atoms with van der Waals surface area (Å²) in [6.45, 7) is 2.59. The Kier molecular flexibility index (Phi) is 4.73. The summed E-state index contributed by atoms with van der Waals surface area (Å²) in [4.78, 5) is 23.2. The molecule has 0 saturated carbocycles. The van der Waals surface area contributed by atoms with Crippen LogP contribution in [0.1, 0.15) is 26.2 Å². The summed E-state index contributed by atoms with van der Waals surface area (Å²) in [5.74, 6) is -0.918. The van der Waals surface area contributed by atoms with Crippen molar-refractivity contribution in [2.24, 2.45) is 5.92 Å². The fourth-order valence-electron chi connectivity index (χ4n) is 2.46. The maximum absolute atomic E-state index is 10.8. The summed E-state index contributed by atoms with van der Waals surface area (Å²) >= 11 is 0. The Hall–Kier alpha value is -1.10. The Bertz CT molecular complexity index is 256. The molecule has 1 aliphatic heterocycles. The first-order valence-electron chi connectivity index (χ1n) is 5.55. The lowest BCUT2D eigenvalue weighted by atomic mass is 9.93. The smallest absolute Gasteiger partial charge is 0.303 e. The normalized spacial score (nSPS) is 24.1. The second-order valence-electron chi connectivity index (χ2n) is 4.33. The first kappa shape index (κ1) is 13.0. The number of amides is 1. The van der Waals surface area contributed by atoms with Crippen molar-refractivity contribution in [1.82, 2.24) is 4.90 Å². The molecule has 1 aliphatic rings. The van der Waals surface area contributed by atoms with Crippen molar-refractivity contribution in [3.8, 4) is 0 Å². The van der Waals surface area contributed by atoms with Gasteiger partial charge in [0.2, 0.25) is 6.41 Å². The first-order chi connectivity index (χ1) is 7.60. The number of carbonyl (C=O) groups is 2. The Labute approximate surface area is 95.4 Å². The average molecular weight is 229 g/mol. The predicted octanol–water partition coefficient (Wildman–Crippen LogP) is 0.733. The van der Waals surface area contributed by atoms with Gasteiger partial charge in [-0.1, -0.05) is 6.92 Å². The lowest BCUT2D eigenvalue weighted by molar-refractivity contribution is -0.139. The lowest BCUT2D eigenvalue weighted by Gasteiger charge is -2.31. The molecule has 0 spiro atoms. The van der Waals surface area contributed by atoms with Gasteiger partial charge in [-0.05, 0) is 18.8 Å². The van der Waals surface area contributed by atoms with Gasteiger partial charge in [0, 0.05) is 13.7 Å². The van der Waals surface area contributed by atoms with Gasteiger partial charge in [0.25, 0.3) is 0 Å². The van der Waals surface area contributed by atoms with E-state index in [-0.39, 0.29) is 24.5 Å². The number of carboxylic acids is 1. The van der Waals surface area contributed by atoms with Gasteiger partial charge in [-0.2, -0.15) is 0 Å².